The maximum absolute atomic E-state index is 4.50. The van der Waals surface area contributed by atoms with Gasteiger partial charge in [0.25, 0.3) is 0 Å². The molecule has 0 unspecified atom stereocenters. The highest BCUT2D eigenvalue weighted by Crippen LogP contribution is 2.33. The zero-order chi connectivity index (χ0) is 14.1. The van der Waals surface area contributed by atoms with Crippen LogP contribution in [0.2, 0.25) is 0 Å². The van der Waals surface area contributed by atoms with Gasteiger partial charge in [0, 0.05) is 0 Å². The second-order valence-corrected chi connectivity index (χ2v) is 5.90. The van der Waals surface area contributed by atoms with Gasteiger partial charge >= 0.3 is 0 Å². The number of aryl methyl sites for hydroxylation is 2. The van der Waals surface area contributed by atoms with Gasteiger partial charge in [-0.1, -0.05) is 48.5 Å². The largest absolute Gasteiger partial charge is 0.377 e. The maximum atomic E-state index is 4.50. The van der Waals surface area contributed by atoms with Crippen LogP contribution >= 0.6 is 0 Å². The van der Waals surface area contributed by atoms with Gasteiger partial charge in [0.2, 0.25) is 0 Å². The summed E-state index contributed by atoms with van der Waals surface area (Å²) in [6, 6.07) is 18.0. The normalized spacial score (nSPS) is 16.2. The fraction of sp³-hybridized carbons (Fsp3) is 0.300. The van der Waals surface area contributed by atoms with E-state index in [0.29, 0.717) is 0 Å². The lowest BCUT2D eigenvalue weighted by Gasteiger charge is -2.18. The fourth-order valence-corrected chi connectivity index (χ4v) is 3.34. The van der Waals surface area contributed by atoms with E-state index in [1.54, 1.807) is 11.1 Å². The first-order chi connectivity index (χ1) is 10.4. The number of benzene rings is 3. The zero-order valence-electron chi connectivity index (χ0n) is 12.3. The minimum Gasteiger partial charge on any atom is -0.377 e. The first-order valence-electron chi connectivity index (χ1n) is 7.93. The number of epoxide rings is 1. The van der Waals surface area contributed by atoms with Crippen LogP contribution in [0.25, 0.3) is 21.5 Å². The molecule has 5 rings (SSSR count). The summed E-state index contributed by atoms with van der Waals surface area (Å²) in [4.78, 5) is 0. The molecule has 0 bridgehead atoms. The van der Waals surface area contributed by atoms with E-state index in [-0.39, 0.29) is 0 Å². The van der Waals surface area contributed by atoms with Crippen molar-refractivity contribution in [2.45, 2.75) is 25.7 Å². The zero-order valence-corrected chi connectivity index (χ0v) is 12.3. The molecule has 1 saturated heterocycles. The molecule has 106 valence electrons. The summed E-state index contributed by atoms with van der Waals surface area (Å²) in [7, 11) is 0. The summed E-state index contributed by atoms with van der Waals surface area (Å²) in [5.74, 6) is 0. The third-order valence-corrected chi connectivity index (χ3v) is 4.46. The second-order valence-electron chi connectivity index (χ2n) is 5.90. The molecule has 21 heavy (non-hydrogen) atoms. The molecule has 1 aliphatic carbocycles. The van der Waals surface area contributed by atoms with E-state index in [1.807, 2.05) is 0 Å². The van der Waals surface area contributed by atoms with Crippen LogP contribution in [0.1, 0.15) is 24.0 Å². The highest BCUT2D eigenvalue weighted by atomic mass is 16.6. The van der Waals surface area contributed by atoms with Crippen molar-refractivity contribution in [3.05, 3.63) is 59.7 Å². The van der Waals surface area contributed by atoms with Crippen molar-refractivity contribution in [2.75, 3.05) is 13.2 Å². The van der Waals surface area contributed by atoms with Crippen molar-refractivity contribution in [3.63, 3.8) is 0 Å². The van der Waals surface area contributed by atoms with Crippen molar-refractivity contribution in [1.29, 1.82) is 0 Å². The van der Waals surface area contributed by atoms with Crippen LogP contribution in [0.4, 0.5) is 0 Å². The van der Waals surface area contributed by atoms with E-state index >= 15 is 0 Å². The van der Waals surface area contributed by atoms with Crippen LogP contribution in [0, 0.1) is 0 Å². The molecule has 1 heteroatoms. The number of hydrogen-bond donors (Lipinski definition) is 0. The summed E-state index contributed by atoms with van der Waals surface area (Å²) in [5, 5.41) is 5.64. The molecule has 3 aromatic carbocycles. The van der Waals surface area contributed by atoms with Crippen molar-refractivity contribution in [1.82, 2.24) is 0 Å². The summed E-state index contributed by atoms with van der Waals surface area (Å²) in [6.07, 6.45) is 5.22. The van der Waals surface area contributed by atoms with Crippen molar-refractivity contribution in [2.24, 2.45) is 0 Å². The lowest BCUT2D eigenvalue weighted by Crippen LogP contribution is -2.02. The van der Waals surface area contributed by atoms with Gasteiger partial charge in [-0.15, -0.1) is 0 Å². The van der Waals surface area contributed by atoms with Crippen LogP contribution in [-0.4, -0.2) is 13.2 Å². The Balaban J connectivity index is 0.000000344. The first kappa shape index (κ1) is 12.8. The monoisotopic (exact) mass is 276 g/mol. The summed E-state index contributed by atoms with van der Waals surface area (Å²) in [6.45, 7) is 2.00. The first-order valence-corrected chi connectivity index (χ1v) is 7.93. The molecule has 0 aromatic heterocycles. The van der Waals surface area contributed by atoms with Gasteiger partial charge in [-0.2, -0.15) is 0 Å². The SMILES string of the molecule is C1CO1.c1ccc2c(c1)ccc1c3c(ccc12)CCCC3. The molecule has 1 heterocycles. The van der Waals surface area contributed by atoms with E-state index in [2.05, 4.69) is 53.3 Å². The Morgan fingerprint density at radius 3 is 2.29 bits per heavy atom. The number of rotatable bonds is 0. The molecular weight excluding hydrogens is 256 g/mol. The van der Waals surface area contributed by atoms with E-state index < -0.39 is 0 Å². The predicted molar refractivity (Wildman–Crippen MR) is 88.9 cm³/mol. The molecule has 0 amide bonds. The topological polar surface area (TPSA) is 12.5 Å². The fourth-order valence-electron chi connectivity index (χ4n) is 3.34. The van der Waals surface area contributed by atoms with Crippen molar-refractivity contribution < 1.29 is 4.74 Å². The second kappa shape index (κ2) is 5.50. The Morgan fingerprint density at radius 1 is 0.667 bits per heavy atom. The maximum Gasteiger partial charge on any atom is 0.0701 e. The Morgan fingerprint density at radius 2 is 1.43 bits per heavy atom. The van der Waals surface area contributed by atoms with E-state index in [1.165, 1.54) is 47.2 Å². The van der Waals surface area contributed by atoms with Crippen LogP contribution < -0.4 is 0 Å². The number of hydrogen-bond acceptors (Lipinski definition) is 1. The average molecular weight is 276 g/mol. The predicted octanol–water partition coefficient (Wildman–Crippen LogP) is 4.89. The van der Waals surface area contributed by atoms with Crippen LogP contribution in [0.5, 0.6) is 0 Å². The van der Waals surface area contributed by atoms with E-state index in [0.717, 1.165) is 13.2 Å². The molecule has 3 aromatic rings. The number of fused-ring (bicyclic) bond motifs is 5. The third kappa shape index (κ3) is 2.54. The molecule has 0 atom stereocenters. The smallest absolute Gasteiger partial charge is 0.0701 e. The standard InChI is InChI=1S/C18H16.C2H4O/c1-3-7-15-13(5-1)9-11-18-16-8-4-2-6-14(16)10-12-17(15)18;1-2-3-1/h1,3,5,7,9-12H,2,4,6,8H2;1-2H2. The Labute approximate surface area is 125 Å². The molecular formula is C20H20O. The highest BCUT2D eigenvalue weighted by Gasteiger charge is 2.13. The molecule has 0 radical (unpaired) electrons. The number of ether oxygens (including phenoxy) is 1. The molecule has 0 spiro atoms. The van der Waals surface area contributed by atoms with Gasteiger partial charge in [0.15, 0.2) is 0 Å². The Bertz CT molecular complexity index is 784. The third-order valence-electron chi connectivity index (χ3n) is 4.46. The summed E-state index contributed by atoms with van der Waals surface area (Å²) < 4.78 is 4.50. The minimum absolute atomic E-state index is 1.00. The summed E-state index contributed by atoms with van der Waals surface area (Å²) in [5.41, 5.74) is 3.17. The lowest BCUT2D eigenvalue weighted by molar-refractivity contribution is 0.475. The van der Waals surface area contributed by atoms with Crippen molar-refractivity contribution in [3.8, 4) is 0 Å². The van der Waals surface area contributed by atoms with Crippen LogP contribution in [-0.2, 0) is 17.6 Å². The average Bonchev–Trinajstić information content (AvgIpc) is 3.43. The van der Waals surface area contributed by atoms with Gasteiger partial charge in [0.1, 0.15) is 0 Å². The quantitative estimate of drug-likeness (QED) is 0.421. The molecule has 1 aliphatic heterocycles. The molecule has 0 N–H and O–H groups in total. The molecule has 1 nitrogen and oxygen atoms in total. The summed E-state index contributed by atoms with van der Waals surface area (Å²) >= 11 is 0. The lowest BCUT2D eigenvalue weighted by atomic mass is 9.86. The van der Waals surface area contributed by atoms with Gasteiger partial charge in [-0.25, -0.2) is 0 Å². The van der Waals surface area contributed by atoms with Crippen molar-refractivity contribution >= 4 is 21.5 Å². The molecule has 2 aliphatic rings. The molecule has 1 fully saturated rings. The van der Waals surface area contributed by atoms with Crippen LogP contribution in [0.15, 0.2) is 48.5 Å². The minimum atomic E-state index is 1.00. The van der Waals surface area contributed by atoms with Gasteiger partial charge in [-0.05, 0) is 58.4 Å². The van der Waals surface area contributed by atoms with Gasteiger partial charge in [-0.3, -0.25) is 0 Å². The van der Waals surface area contributed by atoms with Gasteiger partial charge in [0.05, 0.1) is 13.2 Å². The Hall–Kier alpha value is -1.86. The highest BCUT2D eigenvalue weighted by molar-refractivity contribution is 6.08. The van der Waals surface area contributed by atoms with Gasteiger partial charge < -0.3 is 4.74 Å². The van der Waals surface area contributed by atoms with Crippen LogP contribution in [0.3, 0.4) is 0 Å². The van der Waals surface area contributed by atoms with E-state index in [4.69, 9.17) is 0 Å². The Kier molecular flexibility index (Phi) is 3.36. The van der Waals surface area contributed by atoms with E-state index in [9.17, 15) is 0 Å². The molecule has 0 saturated carbocycles.